The third kappa shape index (κ3) is 5.32. The monoisotopic (exact) mass is 530 g/mol. The number of phenols is 1. The van der Waals surface area contributed by atoms with Gasteiger partial charge in [-0.15, -0.1) is 0 Å². The average Bonchev–Trinajstić information content (AvgIpc) is 2.79. The Morgan fingerprint density at radius 1 is 1.00 bits per heavy atom. The zero-order valence-corrected chi connectivity index (χ0v) is 21.6. The van der Waals surface area contributed by atoms with E-state index in [0.29, 0.717) is 27.8 Å². The van der Waals surface area contributed by atoms with Crippen LogP contribution in [0, 0.1) is 25.2 Å². The van der Waals surface area contributed by atoms with Gasteiger partial charge in [0.05, 0.1) is 22.1 Å². The number of sulfone groups is 1. The van der Waals surface area contributed by atoms with Crippen molar-refractivity contribution in [2.24, 2.45) is 0 Å². The Morgan fingerprint density at radius 2 is 1.59 bits per heavy atom. The summed E-state index contributed by atoms with van der Waals surface area (Å²) in [5, 5.41) is 22.8. The van der Waals surface area contributed by atoms with Crippen LogP contribution in [0.25, 0.3) is 11.1 Å². The molecule has 0 aromatic heterocycles. The van der Waals surface area contributed by atoms with Crippen molar-refractivity contribution < 1.29 is 31.5 Å². The summed E-state index contributed by atoms with van der Waals surface area (Å²) in [4.78, 5) is 12.5. The fourth-order valence-corrected chi connectivity index (χ4v) is 4.75. The third-order valence-electron chi connectivity index (χ3n) is 5.98. The van der Waals surface area contributed by atoms with Crippen LogP contribution in [0.1, 0.15) is 53.4 Å². The van der Waals surface area contributed by atoms with Gasteiger partial charge in [-0.1, -0.05) is 32.9 Å². The number of nitrogens with zero attached hydrogens (tertiary/aromatic N) is 1. The normalized spacial score (nSPS) is 12.2. The molecule has 0 aliphatic rings. The van der Waals surface area contributed by atoms with E-state index in [1.807, 2.05) is 26.8 Å². The number of aromatic hydroxyl groups is 1. The van der Waals surface area contributed by atoms with Gasteiger partial charge >= 0.3 is 5.51 Å². The number of phenolic OH excluding ortho intramolecular Hbond substituents is 1. The van der Waals surface area contributed by atoms with Crippen LogP contribution in [0.4, 0.5) is 18.9 Å². The van der Waals surface area contributed by atoms with Crippen LogP contribution >= 0.6 is 0 Å². The molecule has 37 heavy (non-hydrogen) atoms. The number of amides is 1. The number of carbonyl (C=O) groups is 1. The van der Waals surface area contributed by atoms with Gasteiger partial charge in [0, 0.05) is 11.3 Å². The lowest BCUT2D eigenvalue weighted by Crippen LogP contribution is -2.23. The highest BCUT2D eigenvalue weighted by molar-refractivity contribution is 7.92. The minimum atomic E-state index is -5.55. The van der Waals surface area contributed by atoms with Crippen LogP contribution in [-0.2, 0) is 15.3 Å². The molecule has 2 N–H and O–H groups in total. The minimum Gasteiger partial charge on any atom is -0.507 e. The fraction of sp³-hybridized carbons (Fsp3) is 0.259. The lowest BCUT2D eigenvalue weighted by Gasteiger charge is -2.25. The molecule has 0 fully saturated rings. The summed E-state index contributed by atoms with van der Waals surface area (Å²) in [6.45, 7) is 8.62. The molecule has 0 atom stereocenters. The Hall–Kier alpha value is -3.84. The molecule has 3 aromatic carbocycles. The van der Waals surface area contributed by atoms with Gasteiger partial charge in [0.2, 0.25) is 0 Å². The summed E-state index contributed by atoms with van der Waals surface area (Å²) >= 11 is 0. The van der Waals surface area contributed by atoms with Gasteiger partial charge in [-0.25, -0.2) is 8.42 Å². The molecule has 0 aliphatic heterocycles. The van der Waals surface area contributed by atoms with Crippen LogP contribution < -0.4 is 5.32 Å². The van der Waals surface area contributed by atoms with E-state index < -0.39 is 31.6 Å². The van der Waals surface area contributed by atoms with Crippen molar-refractivity contribution in [3.63, 3.8) is 0 Å². The first-order valence-electron chi connectivity index (χ1n) is 11.1. The summed E-state index contributed by atoms with van der Waals surface area (Å²) in [6.07, 6.45) is 0. The molecule has 0 radical (unpaired) electrons. The number of benzene rings is 3. The number of anilines is 1. The van der Waals surface area contributed by atoms with Gasteiger partial charge in [-0.3, -0.25) is 4.79 Å². The zero-order valence-electron chi connectivity index (χ0n) is 20.8. The number of rotatable bonds is 4. The molecule has 0 heterocycles. The number of nitriles is 1. The van der Waals surface area contributed by atoms with E-state index in [1.54, 1.807) is 37.3 Å². The molecule has 3 aromatic rings. The largest absolute Gasteiger partial charge is 0.507 e. The molecule has 194 valence electrons. The maximum Gasteiger partial charge on any atom is 0.501 e. The number of nitrogens with one attached hydrogen (secondary N) is 1. The maximum atomic E-state index is 13.4. The molecule has 3 rings (SSSR count). The summed E-state index contributed by atoms with van der Waals surface area (Å²) in [7, 11) is -5.55. The van der Waals surface area contributed by atoms with Crippen LogP contribution in [-0.4, -0.2) is 24.9 Å². The predicted molar refractivity (Wildman–Crippen MR) is 134 cm³/mol. The van der Waals surface area contributed by atoms with Crippen molar-refractivity contribution in [1.29, 1.82) is 5.26 Å². The predicted octanol–water partition coefficient (Wildman–Crippen LogP) is 6.39. The van der Waals surface area contributed by atoms with Gasteiger partial charge in [0.25, 0.3) is 15.7 Å². The molecule has 0 unspecified atom stereocenters. The van der Waals surface area contributed by atoms with Gasteiger partial charge in [-0.2, -0.15) is 18.4 Å². The Kier molecular flexibility index (Phi) is 7.17. The van der Waals surface area contributed by atoms with E-state index in [9.17, 15) is 31.5 Å². The highest BCUT2D eigenvalue weighted by atomic mass is 32.2. The molecule has 0 saturated carbocycles. The van der Waals surface area contributed by atoms with Crippen LogP contribution in [0.3, 0.4) is 0 Å². The van der Waals surface area contributed by atoms with Crippen molar-refractivity contribution in [1.82, 2.24) is 0 Å². The Balaban J connectivity index is 2.12. The van der Waals surface area contributed by atoms with E-state index in [4.69, 9.17) is 5.26 Å². The highest BCUT2D eigenvalue weighted by Crippen LogP contribution is 2.41. The first kappa shape index (κ1) is 27.7. The number of halogens is 3. The van der Waals surface area contributed by atoms with Crippen molar-refractivity contribution >= 4 is 21.4 Å². The van der Waals surface area contributed by atoms with E-state index in [0.717, 1.165) is 18.2 Å². The Morgan fingerprint density at radius 3 is 2.08 bits per heavy atom. The second-order valence-corrected chi connectivity index (χ2v) is 11.6. The fourth-order valence-electron chi connectivity index (χ4n) is 3.90. The third-order valence-corrected chi connectivity index (χ3v) is 7.46. The second kappa shape index (κ2) is 9.56. The molecular weight excluding hydrogens is 505 g/mol. The summed E-state index contributed by atoms with van der Waals surface area (Å²) < 4.78 is 62.2. The Labute approximate surface area is 213 Å². The van der Waals surface area contributed by atoms with E-state index in [2.05, 4.69) is 5.32 Å². The first-order valence-corrected chi connectivity index (χ1v) is 12.6. The van der Waals surface area contributed by atoms with Crippen LogP contribution in [0.15, 0.2) is 53.4 Å². The van der Waals surface area contributed by atoms with Crippen molar-refractivity contribution in [2.75, 3.05) is 5.32 Å². The Bertz CT molecular complexity index is 1530. The summed E-state index contributed by atoms with van der Waals surface area (Å²) in [5.41, 5.74) is -3.10. The SMILES string of the molecule is Cc1cc(S(=O)(=O)C(F)(F)F)ccc1NC(=O)c1c(C)c(-c2ccc(C#N)cc2)cc(C(C)(C)C)c1O. The summed E-state index contributed by atoms with van der Waals surface area (Å²) in [6, 6.07) is 13.2. The number of alkyl halides is 3. The van der Waals surface area contributed by atoms with Gasteiger partial charge in [0.1, 0.15) is 5.75 Å². The standard InChI is InChI=1S/C27H25F3N2O4S/c1-15-12-19(37(35,36)27(28,29)30)10-11-22(15)32-25(34)23-16(2)20(13-21(24(23)33)26(3,4)5)18-8-6-17(14-31)7-9-18/h6-13,33H,1-5H3,(H,32,34). The van der Waals surface area contributed by atoms with Gasteiger partial charge in [0.15, 0.2) is 0 Å². The van der Waals surface area contributed by atoms with Gasteiger partial charge in [-0.05, 0) is 77.9 Å². The number of aryl methyl sites for hydroxylation is 1. The molecule has 1 amide bonds. The van der Waals surface area contributed by atoms with Crippen molar-refractivity contribution in [3.8, 4) is 22.9 Å². The molecule has 0 aliphatic carbocycles. The second-order valence-electron chi connectivity index (χ2n) is 9.64. The van der Waals surface area contributed by atoms with Crippen LogP contribution in [0.2, 0.25) is 0 Å². The smallest absolute Gasteiger partial charge is 0.501 e. The quantitative estimate of drug-likeness (QED) is 0.406. The molecule has 10 heteroatoms. The number of hydrogen-bond donors (Lipinski definition) is 2. The number of carbonyl (C=O) groups excluding carboxylic acids is 1. The molecule has 0 spiro atoms. The van der Waals surface area contributed by atoms with Crippen LogP contribution in [0.5, 0.6) is 5.75 Å². The molecule has 6 nitrogen and oxygen atoms in total. The van der Waals surface area contributed by atoms with E-state index in [1.165, 1.54) is 6.92 Å². The van der Waals surface area contributed by atoms with Gasteiger partial charge < -0.3 is 10.4 Å². The average molecular weight is 531 g/mol. The maximum absolute atomic E-state index is 13.4. The highest BCUT2D eigenvalue weighted by Gasteiger charge is 2.47. The lowest BCUT2D eigenvalue weighted by atomic mass is 9.81. The molecule has 0 bridgehead atoms. The molecule has 0 saturated heterocycles. The molecular formula is C27H25F3N2O4S. The summed E-state index contributed by atoms with van der Waals surface area (Å²) in [5.74, 6) is -0.959. The lowest BCUT2D eigenvalue weighted by molar-refractivity contribution is -0.0436. The van der Waals surface area contributed by atoms with E-state index in [-0.39, 0.29) is 22.6 Å². The van der Waals surface area contributed by atoms with Crippen molar-refractivity contribution in [3.05, 3.63) is 76.3 Å². The zero-order chi connectivity index (χ0) is 27.9. The minimum absolute atomic E-state index is 0.0295. The number of hydrogen-bond acceptors (Lipinski definition) is 5. The van der Waals surface area contributed by atoms with E-state index >= 15 is 0 Å². The topological polar surface area (TPSA) is 107 Å². The first-order chi connectivity index (χ1) is 17.0. The van der Waals surface area contributed by atoms with Crippen molar-refractivity contribution in [2.45, 2.75) is 50.4 Å².